The summed E-state index contributed by atoms with van der Waals surface area (Å²) in [5.74, 6) is -1.50. The molecule has 0 radical (unpaired) electrons. The van der Waals surface area contributed by atoms with E-state index in [9.17, 15) is 9.59 Å². The average Bonchev–Trinajstić information content (AvgIpc) is 3.14. The van der Waals surface area contributed by atoms with E-state index in [4.69, 9.17) is 26.1 Å². The summed E-state index contributed by atoms with van der Waals surface area (Å²) in [6.07, 6.45) is 0.609. The molecular formula is C23H24ClN3O4. The molecule has 0 saturated carbocycles. The van der Waals surface area contributed by atoms with Gasteiger partial charge in [-0.15, -0.1) is 0 Å². The molecule has 1 aliphatic heterocycles. The highest BCUT2D eigenvalue weighted by atomic mass is 35.5. The van der Waals surface area contributed by atoms with Crippen LogP contribution in [-0.4, -0.2) is 48.3 Å². The van der Waals surface area contributed by atoms with Gasteiger partial charge < -0.3 is 14.0 Å². The van der Waals surface area contributed by atoms with E-state index in [1.54, 1.807) is 25.0 Å². The number of ether oxygens (including phenoxy) is 2. The molecule has 0 fully saturated rings. The van der Waals surface area contributed by atoms with E-state index >= 15 is 0 Å². The first-order chi connectivity index (χ1) is 15.1. The van der Waals surface area contributed by atoms with Crippen LogP contribution in [0.2, 0.25) is 5.02 Å². The van der Waals surface area contributed by atoms with Gasteiger partial charge in [0.05, 0.1) is 23.7 Å². The first-order valence-corrected chi connectivity index (χ1v) is 10.6. The van der Waals surface area contributed by atoms with Crippen LogP contribution in [0.3, 0.4) is 0 Å². The maximum atomic E-state index is 13.7. The van der Waals surface area contributed by atoms with Crippen molar-refractivity contribution < 1.29 is 19.1 Å². The Balaban J connectivity index is 1.96. The molecule has 31 heavy (non-hydrogen) atoms. The molecule has 7 nitrogen and oxygen atoms in total. The second-order valence-corrected chi connectivity index (χ2v) is 7.71. The highest BCUT2D eigenvalue weighted by molar-refractivity contribution is 6.31. The summed E-state index contributed by atoms with van der Waals surface area (Å²) in [5, 5.41) is 0.478. The summed E-state index contributed by atoms with van der Waals surface area (Å²) in [6.45, 7) is 2.77. The van der Waals surface area contributed by atoms with Gasteiger partial charge in [0.15, 0.2) is 5.92 Å². The van der Waals surface area contributed by atoms with Gasteiger partial charge in [-0.2, -0.15) is 0 Å². The molecule has 162 valence electrons. The van der Waals surface area contributed by atoms with Gasteiger partial charge in [0, 0.05) is 25.3 Å². The highest BCUT2D eigenvalue weighted by Gasteiger charge is 2.48. The number of carbonyl (C=O) groups excluding carboxylic acids is 2. The Labute approximate surface area is 185 Å². The number of carbonyl (C=O) groups is 2. The Morgan fingerprint density at radius 1 is 1.16 bits per heavy atom. The number of hydrogen-bond acceptors (Lipinski definition) is 5. The average molecular weight is 442 g/mol. The first-order valence-electron chi connectivity index (χ1n) is 10.3. The normalized spacial score (nSPS) is 18.3. The standard InChI is InChI=1S/C23H24ClN3O4/c1-3-31-22(29)19-20(15-9-4-5-10-16(15)24)27-18-12-7-6-11-17(18)25-23(27)26(21(19)28)13-8-14-30-2/h4-7,9-12,19-20H,3,8,13-14H2,1-2H3/t19-,20-/m1/s1. The van der Waals surface area contributed by atoms with Gasteiger partial charge in [-0.1, -0.05) is 41.9 Å². The predicted molar refractivity (Wildman–Crippen MR) is 118 cm³/mol. The number of anilines is 1. The third-order valence-corrected chi connectivity index (χ3v) is 5.78. The van der Waals surface area contributed by atoms with Crippen molar-refractivity contribution in [3.05, 3.63) is 59.1 Å². The second-order valence-electron chi connectivity index (χ2n) is 7.30. The van der Waals surface area contributed by atoms with Crippen molar-refractivity contribution in [1.29, 1.82) is 0 Å². The number of imidazole rings is 1. The summed E-state index contributed by atoms with van der Waals surface area (Å²) in [4.78, 5) is 33.0. The number of aromatic nitrogens is 2. The molecule has 3 aromatic rings. The number of methoxy groups -OCH3 is 1. The van der Waals surface area contributed by atoms with Gasteiger partial charge in [-0.3, -0.25) is 14.5 Å². The van der Waals surface area contributed by atoms with E-state index in [1.807, 2.05) is 47.0 Å². The van der Waals surface area contributed by atoms with Crippen molar-refractivity contribution in [3.8, 4) is 0 Å². The molecule has 0 spiro atoms. The third-order valence-electron chi connectivity index (χ3n) is 5.44. The molecule has 0 aliphatic carbocycles. The molecule has 2 aromatic carbocycles. The number of nitrogens with zero attached hydrogens (tertiary/aromatic N) is 3. The summed E-state index contributed by atoms with van der Waals surface area (Å²) >= 11 is 6.55. The molecule has 0 bridgehead atoms. The summed E-state index contributed by atoms with van der Waals surface area (Å²) in [6, 6.07) is 14.2. The molecule has 0 unspecified atom stereocenters. The maximum Gasteiger partial charge on any atom is 0.321 e. The Kier molecular flexibility index (Phi) is 6.25. The van der Waals surface area contributed by atoms with Gasteiger partial charge >= 0.3 is 5.97 Å². The largest absolute Gasteiger partial charge is 0.465 e. The fraction of sp³-hybridized carbons (Fsp3) is 0.348. The van der Waals surface area contributed by atoms with Crippen LogP contribution in [0.25, 0.3) is 11.0 Å². The number of halogens is 1. The SMILES string of the molecule is CCOC(=O)[C@H]1C(=O)N(CCCOC)c2nc3ccccc3n2[C@@H]1c1ccccc1Cl. The lowest BCUT2D eigenvalue weighted by molar-refractivity contribution is -0.153. The van der Waals surface area contributed by atoms with Crippen LogP contribution >= 0.6 is 11.6 Å². The zero-order valence-electron chi connectivity index (χ0n) is 17.5. The monoisotopic (exact) mass is 441 g/mol. The zero-order chi connectivity index (χ0) is 22.0. The fourth-order valence-electron chi connectivity index (χ4n) is 4.12. The van der Waals surface area contributed by atoms with Crippen molar-refractivity contribution >= 4 is 40.5 Å². The van der Waals surface area contributed by atoms with Crippen LogP contribution in [0.1, 0.15) is 24.9 Å². The van der Waals surface area contributed by atoms with Gasteiger partial charge in [0.25, 0.3) is 0 Å². The van der Waals surface area contributed by atoms with Crippen LogP contribution in [0.5, 0.6) is 0 Å². The minimum Gasteiger partial charge on any atom is -0.465 e. The molecule has 1 amide bonds. The van der Waals surface area contributed by atoms with Crippen LogP contribution in [-0.2, 0) is 19.1 Å². The van der Waals surface area contributed by atoms with Crippen molar-refractivity contribution in [1.82, 2.24) is 9.55 Å². The van der Waals surface area contributed by atoms with Crippen molar-refractivity contribution in [3.63, 3.8) is 0 Å². The Bertz CT molecular complexity index is 1110. The first kappa shape index (κ1) is 21.3. The molecule has 0 saturated heterocycles. The number of fused-ring (bicyclic) bond motifs is 3. The van der Waals surface area contributed by atoms with Gasteiger partial charge in [0.1, 0.15) is 0 Å². The Hall–Kier alpha value is -2.90. The fourth-order valence-corrected chi connectivity index (χ4v) is 4.37. The molecule has 8 heteroatoms. The molecule has 1 aromatic heterocycles. The smallest absolute Gasteiger partial charge is 0.321 e. The van der Waals surface area contributed by atoms with E-state index < -0.39 is 17.9 Å². The van der Waals surface area contributed by atoms with Gasteiger partial charge in [0.2, 0.25) is 11.9 Å². The number of esters is 1. The number of rotatable bonds is 7. The lowest BCUT2D eigenvalue weighted by Crippen LogP contribution is -2.50. The van der Waals surface area contributed by atoms with E-state index in [-0.39, 0.29) is 12.5 Å². The van der Waals surface area contributed by atoms with Gasteiger partial charge in [-0.05, 0) is 37.1 Å². The predicted octanol–water partition coefficient (Wildman–Crippen LogP) is 3.84. The van der Waals surface area contributed by atoms with E-state index in [2.05, 4.69) is 0 Å². The lowest BCUT2D eigenvalue weighted by atomic mass is 9.89. The minimum absolute atomic E-state index is 0.180. The molecular weight excluding hydrogens is 418 g/mol. The van der Waals surface area contributed by atoms with Crippen molar-refractivity contribution in [2.45, 2.75) is 19.4 Å². The van der Waals surface area contributed by atoms with Crippen LogP contribution in [0.4, 0.5) is 5.95 Å². The van der Waals surface area contributed by atoms with Gasteiger partial charge in [-0.25, -0.2) is 4.98 Å². The molecule has 2 atom stereocenters. The minimum atomic E-state index is -1.08. The Morgan fingerprint density at radius 3 is 2.65 bits per heavy atom. The van der Waals surface area contributed by atoms with Crippen LogP contribution < -0.4 is 4.90 Å². The summed E-state index contributed by atoms with van der Waals surface area (Å²) in [7, 11) is 1.61. The number of hydrogen-bond donors (Lipinski definition) is 0. The number of benzene rings is 2. The van der Waals surface area contributed by atoms with Crippen molar-refractivity contribution in [2.24, 2.45) is 5.92 Å². The van der Waals surface area contributed by atoms with E-state index in [1.165, 1.54) is 0 Å². The maximum absolute atomic E-state index is 13.7. The quantitative estimate of drug-likeness (QED) is 0.316. The zero-order valence-corrected chi connectivity index (χ0v) is 18.2. The third kappa shape index (κ3) is 3.79. The molecule has 0 N–H and O–H groups in total. The molecule has 2 heterocycles. The number of para-hydroxylation sites is 2. The van der Waals surface area contributed by atoms with Crippen molar-refractivity contribution in [2.75, 3.05) is 31.8 Å². The molecule has 1 aliphatic rings. The van der Waals surface area contributed by atoms with Crippen LogP contribution in [0, 0.1) is 5.92 Å². The summed E-state index contributed by atoms with van der Waals surface area (Å²) in [5.41, 5.74) is 2.24. The topological polar surface area (TPSA) is 73.7 Å². The van der Waals surface area contributed by atoms with E-state index in [0.717, 1.165) is 11.0 Å². The molecule has 4 rings (SSSR count). The summed E-state index contributed by atoms with van der Waals surface area (Å²) < 4.78 is 12.4. The highest BCUT2D eigenvalue weighted by Crippen LogP contribution is 2.43. The van der Waals surface area contributed by atoms with E-state index in [0.29, 0.717) is 36.1 Å². The number of amides is 1. The van der Waals surface area contributed by atoms with Crippen LogP contribution in [0.15, 0.2) is 48.5 Å². The Morgan fingerprint density at radius 2 is 1.90 bits per heavy atom. The second kappa shape index (κ2) is 9.08. The lowest BCUT2D eigenvalue weighted by Gasteiger charge is -2.38.